The topological polar surface area (TPSA) is 43.0 Å². The molecule has 4 heteroatoms. The first-order chi connectivity index (χ1) is 13.1. The van der Waals surface area contributed by atoms with Crippen LogP contribution >= 0.6 is 0 Å². The molecule has 132 valence electrons. The first-order valence-electron chi connectivity index (χ1n) is 8.93. The standard InChI is InChI=1S/C23H19N3O/c1-15-10-17-7-8-20(12-22(17)25(15)2)26-14-19-6-5-16(11-21(19)23(26)27)18-4-3-9-24-13-18/h3-14,27H,1-2H3. The van der Waals surface area contributed by atoms with Crippen LogP contribution in [0.2, 0.25) is 0 Å². The Kier molecular flexibility index (Phi) is 3.34. The first kappa shape index (κ1) is 15.7. The van der Waals surface area contributed by atoms with Gasteiger partial charge in [0.15, 0.2) is 0 Å². The lowest BCUT2D eigenvalue weighted by Gasteiger charge is -2.07. The SMILES string of the molecule is Cc1cc2ccc(-n3cc4ccc(-c5cccnc5)cc4c3O)cc2n1C. The van der Waals surface area contributed by atoms with E-state index in [1.54, 1.807) is 6.20 Å². The molecule has 0 saturated carbocycles. The van der Waals surface area contributed by atoms with Gasteiger partial charge in [-0.3, -0.25) is 9.55 Å². The molecule has 5 rings (SSSR count). The van der Waals surface area contributed by atoms with Gasteiger partial charge < -0.3 is 9.67 Å². The Hall–Kier alpha value is -3.53. The van der Waals surface area contributed by atoms with Crippen LogP contribution in [0.4, 0.5) is 0 Å². The number of hydrogen-bond acceptors (Lipinski definition) is 2. The molecule has 2 aromatic carbocycles. The second-order valence-electron chi connectivity index (χ2n) is 6.95. The number of fused-ring (bicyclic) bond motifs is 2. The molecule has 0 aliphatic rings. The third kappa shape index (κ3) is 2.41. The second kappa shape index (κ2) is 5.74. The maximum atomic E-state index is 10.9. The fourth-order valence-corrected chi connectivity index (χ4v) is 3.71. The molecule has 0 amide bonds. The molecular weight excluding hydrogens is 334 g/mol. The lowest BCUT2D eigenvalue weighted by atomic mass is 10.1. The van der Waals surface area contributed by atoms with Gasteiger partial charge in [0.25, 0.3) is 0 Å². The van der Waals surface area contributed by atoms with E-state index in [4.69, 9.17) is 0 Å². The third-order valence-electron chi connectivity index (χ3n) is 5.33. The van der Waals surface area contributed by atoms with E-state index >= 15 is 0 Å². The summed E-state index contributed by atoms with van der Waals surface area (Å²) in [6.07, 6.45) is 5.58. The largest absolute Gasteiger partial charge is 0.494 e. The van der Waals surface area contributed by atoms with Crippen molar-refractivity contribution in [3.63, 3.8) is 0 Å². The highest BCUT2D eigenvalue weighted by Crippen LogP contribution is 2.34. The summed E-state index contributed by atoms with van der Waals surface area (Å²) in [5.41, 5.74) is 5.38. The van der Waals surface area contributed by atoms with Crippen molar-refractivity contribution in [1.82, 2.24) is 14.1 Å². The number of hydrogen-bond donors (Lipinski definition) is 1. The van der Waals surface area contributed by atoms with Crippen LogP contribution in [-0.4, -0.2) is 19.2 Å². The molecule has 0 spiro atoms. The molecular formula is C23H19N3O. The van der Waals surface area contributed by atoms with Crippen LogP contribution in [0.5, 0.6) is 5.88 Å². The molecule has 1 N–H and O–H groups in total. The molecule has 0 saturated heterocycles. The summed E-state index contributed by atoms with van der Waals surface area (Å²) in [5, 5.41) is 13.9. The summed E-state index contributed by atoms with van der Waals surface area (Å²) >= 11 is 0. The van der Waals surface area contributed by atoms with E-state index < -0.39 is 0 Å². The lowest BCUT2D eigenvalue weighted by Crippen LogP contribution is -1.93. The minimum absolute atomic E-state index is 0.251. The first-order valence-corrected chi connectivity index (χ1v) is 8.93. The molecule has 0 atom stereocenters. The fourth-order valence-electron chi connectivity index (χ4n) is 3.71. The van der Waals surface area contributed by atoms with Gasteiger partial charge in [0, 0.05) is 47.7 Å². The minimum atomic E-state index is 0.251. The van der Waals surface area contributed by atoms with Gasteiger partial charge >= 0.3 is 0 Å². The normalized spacial score (nSPS) is 11.5. The Morgan fingerprint density at radius 1 is 0.926 bits per heavy atom. The van der Waals surface area contributed by atoms with Gasteiger partial charge in [0.05, 0.1) is 11.2 Å². The Labute approximate surface area is 156 Å². The highest BCUT2D eigenvalue weighted by Gasteiger charge is 2.12. The number of rotatable bonds is 2. The fraction of sp³-hybridized carbons (Fsp3) is 0.0870. The van der Waals surface area contributed by atoms with Crippen molar-refractivity contribution in [3.8, 4) is 22.7 Å². The molecule has 3 heterocycles. The van der Waals surface area contributed by atoms with Crippen LogP contribution in [-0.2, 0) is 7.05 Å². The zero-order valence-electron chi connectivity index (χ0n) is 15.2. The molecule has 27 heavy (non-hydrogen) atoms. The third-order valence-corrected chi connectivity index (χ3v) is 5.33. The molecule has 4 nitrogen and oxygen atoms in total. The summed E-state index contributed by atoms with van der Waals surface area (Å²) in [5.74, 6) is 0.251. The highest BCUT2D eigenvalue weighted by atomic mass is 16.3. The van der Waals surface area contributed by atoms with Crippen molar-refractivity contribution in [3.05, 3.63) is 78.9 Å². The number of pyridine rings is 1. The molecule has 0 aliphatic carbocycles. The molecule has 0 fully saturated rings. The van der Waals surface area contributed by atoms with Gasteiger partial charge in [-0.1, -0.05) is 24.3 Å². The van der Waals surface area contributed by atoms with E-state index in [-0.39, 0.29) is 5.88 Å². The summed E-state index contributed by atoms with van der Waals surface area (Å²) in [7, 11) is 2.06. The predicted octanol–water partition coefficient (Wildman–Crippen LogP) is 5.20. The van der Waals surface area contributed by atoms with Crippen LogP contribution in [0.3, 0.4) is 0 Å². The van der Waals surface area contributed by atoms with Gasteiger partial charge in [0.1, 0.15) is 0 Å². The van der Waals surface area contributed by atoms with Gasteiger partial charge in [-0.2, -0.15) is 0 Å². The number of aromatic hydroxyl groups is 1. The van der Waals surface area contributed by atoms with Crippen molar-refractivity contribution in [2.45, 2.75) is 6.92 Å². The van der Waals surface area contributed by atoms with Crippen LogP contribution in [0.25, 0.3) is 38.5 Å². The van der Waals surface area contributed by atoms with Crippen molar-refractivity contribution in [1.29, 1.82) is 0 Å². The van der Waals surface area contributed by atoms with E-state index in [0.29, 0.717) is 0 Å². The quantitative estimate of drug-likeness (QED) is 0.474. The van der Waals surface area contributed by atoms with E-state index in [2.05, 4.69) is 47.8 Å². The van der Waals surface area contributed by atoms with Gasteiger partial charge in [-0.05, 0) is 48.2 Å². The minimum Gasteiger partial charge on any atom is -0.494 e. The lowest BCUT2D eigenvalue weighted by molar-refractivity contribution is 0.448. The summed E-state index contributed by atoms with van der Waals surface area (Å²) < 4.78 is 4.01. The summed E-state index contributed by atoms with van der Waals surface area (Å²) in [4.78, 5) is 4.19. The van der Waals surface area contributed by atoms with E-state index in [9.17, 15) is 5.11 Å². The van der Waals surface area contributed by atoms with Crippen LogP contribution < -0.4 is 0 Å². The van der Waals surface area contributed by atoms with Gasteiger partial charge in [-0.15, -0.1) is 0 Å². The smallest absolute Gasteiger partial charge is 0.203 e. The average Bonchev–Trinajstić information content (AvgIpc) is 3.18. The van der Waals surface area contributed by atoms with Crippen LogP contribution in [0.15, 0.2) is 73.2 Å². The maximum Gasteiger partial charge on any atom is 0.203 e. The number of aromatic nitrogens is 3. The monoisotopic (exact) mass is 353 g/mol. The van der Waals surface area contributed by atoms with Gasteiger partial charge in [-0.25, -0.2) is 0 Å². The number of nitrogens with zero attached hydrogens (tertiary/aromatic N) is 3. The zero-order valence-corrected chi connectivity index (χ0v) is 15.2. The molecule has 5 aromatic rings. The molecule has 0 aliphatic heterocycles. The van der Waals surface area contributed by atoms with E-state index in [0.717, 1.165) is 33.1 Å². The van der Waals surface area contributed by atoms with Crippen molar-refractivity contribution in [2.24, 2.45) is 7.05 Å². The zero-order chi connectivity index (χ0) is 18.5. The number of benzene rings is 2. The van der Waals surface area contributed by atoms with E-state index in [1.165, 1.54) is 11.1 Å². The number of aryl methyl sites for hydroxylation is 2. The van der Waals surface area contributed by atoms with Crippen molar-refractivity contribution < 1.29 is 5.11 Å². The molecule has 0 unspecified atom stereocenters. The van der Waals surface area contributed by atoms with Crippen molar-refractivity contribution >= 4 is 21.7 Å². The summed E-state index contributed by atoms with van der Waals surface area (Å²) in [6.45, 7) is 2.10. The van der Waals surface area contributed by atoms with Gasteiger partial charge in [0.2, 0.25) is 5.88 Å². The molecule has 0 radical (unpaired) electrons. The van der Waals surface area contributed by atoms with Crippen LogP contribution in [0, 0.1) is 6.92 Å². The second-order valence-corrected chi connectivity index (χ2v) is 6.95. The van der Waals surface area contributed by atoms with Crippen LogP contribution in [0.1, 0.15) is 5.69 Å². The molecule has 3 aromatic heterocycles. The highest BCUT2D eigenvalue weighted by molar-refractivity contribution is 5.93. The Bertz CT molecular complexity index is 1300. The van der Waals surface area contributed by atoms with E-state index in [1.807, 2.05) is 47.3 Å². The summed E-state index contributed by atoms with van der Waals surface area (Å²) in [6, 6.07) is 18.5. The average molecular weight is 353 g/mol. The Morgan fingerprint density at radius 3 is 2.59 bits per heavy atom. The van der Waals surface area contributed by atoms with Crippen molar-refractivity contribution in [2.75, 3.05) is 0 Å². The Balaban J connectivity index is 1.68. The maximum absolute atomic E-state index is 10.9. The predicted molar refractivity (Wildman–Crippen MR) is 109 cm³/mol. The molecule has 0 bridgehead atoms. The Morgan fingerprint density at radius 2 is 1.78 bits per heavy atom.